The van der Waals surface area contributed by atoms with Crippen LogP contribution in [0.15, 0.2) is 24.3 Å². The van der Waals surface area contributed by atoms with Crippen LogP contribution in [0.5, 0.6) is 0 Å². The van der Waals surface area contributed by atoms with E-state index in [0.29, 0.717) is 36.6 Å². The fraction of sp³-hybridized carbons (Fsp3) is 0.609. The molecule has 9 heteroatoms. The van der Waals surface area contributed by atoms with Gasteiger partial charge in [0.15, 0.2) is 0 Å². The van der Waals surface area contributed by atoms with Crippen molar-refractivity contribution in [1.82, 2.24) is 10.2 Å². The second kappa shape index (κ2) is 9.61. The van der Waals surface area contributed by atoms with Crippen molar-refractivity contribution < 1.29 is 19.5 Å². The first-order valence-corrected chi connectivity index (χ1v) is 12.6. The van der Waals surface area contributed by atoms with Gasteiger partial charge in [-0.15, -0.1) is 11.8 Å². The SMILES string of the molecule is CCCNC(=O)[C@@H]1[C@@H]2CCC3(S2)C(C(=O)Nc2ccc(Cl)cc2)N(CCCCO)C(=O)[C@H]13. The molecule has 3 heterocycles. The van der Waals surface area contributed by atoms with Crippen molar-refractivity contribution in [3.8, 4) is 0 Å². The van der Waals surface area contributed by atoms with Crippen molar-refractivity contribution >= 4 is 46.8 Å². The minimum atomic E-state index is -0.645. The minimum Gasteiger partial charge on any atom is -0.396 e. The highest BCUT2D eigenvalue weighted by Crippen LogP contribution is 2.66. The van der Waals surface area contributed by atoms with Gasteiger partial charge in [0, 0.05) is 35.7 Å². The van der Waals surface area contributed by atoms with E-state index >= 15 is 0 Å². The molecule has 7 nitrogen and oxygen atoms in total. The van der Waals surface area contributed by atoms with Crippen LogP contribution in [0.3, 0.4) is 0 Å². The molecular formula is C23H30ClN3O4S. The Kier molecular flexibility index (Phi) is 7.03. The quantitative estimate of drug-likeness (QED) is 0.473. The largest absolute Gasteiger partial charge is 0.396 e. The van der Waals surface area contributed by atoms with Crippen molar-refractivity contribution in [2.45, 2.75) is 55.1 Å². The molecule has 2 unspecified atom stereocenters. The molecule has 1 spiro atoms. The van der Waals surface area contributed by atoms with Crippen molar-refractivity contribution in [3.05, 3.63) is 29.3 Å². The molecule has 0 radical (unpaired) electrons. The van der Waals surface area contributed by atoms with Gasteiger partial charge < -0.3 is 20.6 Å². The second-order valence-electron chi connectivity index (χ2n) is 8.81. The number of nitrogens with zero attached hydrogens (tertiary/aromatic N) is 1. The van der Waals surface area contributed by atoms with E-state index in [4.69, 9.17) is 11.6 Å². The number of likely N-dealkylation sites (tertiary alicyclic amines) is 1. The van der Waals surface area contributed by atoms with Gasteiger partial charge in [-0.25, -0.2) is 0 Å². The van der Waals surface area contributed by atoms with Gasteiger partial charge in [0.05, 0.1) is 16.6 Å². The van der Waals surface area contributed by atoms with Gasteiger partial charge in [0.1, 0.15) is 6.04 Å². The second-order valence-corrected chi connectivity index (χ2v) is 10.8. The summed E-state index contributed by atoms with van der Waals surface area (Å²) < 4.78 is -0.592. The molecule has 0 saturated carbocycles. The van der Waals surface area contributed by atoms with Crippen LogP contribution < -0.4 is 10.6 Å². The first-order valence-electron chi connectivity index (χ1n) is 11.4. The molecule has 3 saturated heterocycles. The molecule has 3 amide bonds. The predicted octanol–water partition coefficient (Wildman–Crippen LogP) is 2.67. The Morgan fingerprint density at radius 3 is 2.69 bits per heavy atom. The fourth-order valence-electron chi connectivity index (χ4n) is 5.50. The zero-order valence-electron chi connectivity index (χ0n) is 18.2. The molecule has 32 heavy (non-hydrogen) atoms. The van der Waals surface area contributed by atoms with Gasteiger partial charge in [-0.2, -0.15) is 0 Å². The van der Waals surface area contributed by atoms with Crippen LogP contribution in [-0.4, -0.2) is 63.5 Å². The maximum absolute atomic E-state index is 13.6. The highest BCUT2D eigenvalue weighted by Gasteiger charge is 2.73. The average Bonchev–Trinajstić information content (AvgIpc) is 3.41. The summed E-state index contributed by atoms with van der Waals surface area (Å²) in [7, 11) is 0. The monoisotopic (exact) mass is 479 g/mol. The lowest BCUT2D eigenvalue weighted by Crippen LogP contribution is -2.51. The Balaban J connectivity index is 1.63. The van der Waals surface area contributed by atoms with Crippen LogP contribution in [0.4, 0.5) is 5.69 Å². The summed E-state index contributed by atoms with van der Waals surface area (Å²) in [5.41, 5.74) is 0.622. The summed E-state index contributed by atoms with van der Waals surface area (Å²) in [6.45, 7) is 3.02. The van der Waals surface area contributed by atoms with Crippen LogP contribution in [0.25, 0.3) is 0 Å². The van der Waals surface area contributed by atoms with Gasteiger partial charge in [-0.1, -0.05) is 18.5 Å². The summed E-state index contributed by atoms with van der Waals surface area (Å²) in [6.07, 6.45) is 3.57. The lowest BCUT2D eigenvalue weighted by Gasteiger charge is -2.34. The molecule has 3 N–H and O–H groups in total. The van der Waals surface area contributed by atoms with Crippen LogP contribution in [0.1, 0.15) is 39.0 Å². The third kappa shape index (κ3) is 4.01. The van der Waals surface area contributed by atoms with Crippen molar-refractivity contribution in [3.63, 3.8) is 0 Å². The van der Waals surface area contributed by atoms with Gasteiger partial charge in [0.25, 0.3) is 0 Å². The third-order valence-electron chi connectivity index (χ3n) is 6.82. The average molecular weight is 480 g/mol. The Morgan fingerprint density at radius 1 is 1.25 bits per heavy atom. The Morgan fingerprint density at radius 2 is 2.00 bits per heavy atom. The van der Waals surface area contributed by atoms with Gasteiger partial charge >= 0.3 is 0 Å². The van der Waals surface area contributed by atoms with Crippen molar-refractivity contribution in [2.75, 3.05) is 25.0 Å². The zero-order valence-corrected chi connectivity index (χ0v) is 19.8. The Labute approximate surface area is 197 Å². The number of aliphatic hydroxyl groups excluding tert-OH is 1. The molecule has 3 fully saturated rings. The van der Waals surface area contributed by atoms with Crippen LogP contribution in [0, 0.1) is 11.8 Å². The molecule has 1 aromatic carbocycles. The number of aliphatic hydroxyl groups is 1. The molecule has 1 aromatic rings. The summed E-state index contributed by atoms with van der Waals surface area (Å²) in [4.78, 5) is 41.9. The van der Waals surface area contributed by atoms with E-state index in [1.54, 1.807) is 40.9 Å². The molecule has 5 atom stereocenters. The smallest absolute Gasteiger partial charge is 0.248 e. The standard InChI is InChI=1S/C23H30ClN3O4S/c1-2-11-25-20(29)17-16-9-10-23(32-16)18(17)22(31)27(12-3-4-13-28)19(23)21(30)26-15-7-5-14(24)6-8-15/h5-8,16-19,28H,2-4,9-13H2,1H3,(H,25,29)(H,26,30)/t16-,17+,18-,19?,23?/m0/s1. The highest BCUT2D eigenvalue weighted by atomic mass is 35.5. The number of hydrogen-bond acceptors (Lipinski definition) is 5. The van der Waals surface area contributed by atoms with E-state index < -0.39 is 22.6 Å². The lowest BCUT2D eigenvalue weighted by atomic mass is 9.70. The number of carbonyl (C=O) groups excluding carboxylic acids is 3. The number of carbonyl (C=O) groups is 3. The van der Waals surface area contributed by atoms with E-state index in [9.17, 15) is 19.5 Å². The molecule has 3 aliphatic rings. The van der Waals surface area contributed by atoms with E-state index in [2.05, 4.69) is 10.6 Å². The van der Waals surface area contributed by atoms with Gasteiger partial charge in [-0.3, -0.25) is 14.4 Å². The van der Waals surface area contributed by atoms with Crippen molar-refractivity contribution in [1.29, 1.82) is 0 Å². The molecule has 4 rings (SSSR count). The fourth-order valence-corrected chi connectivity index (χ4v) is 7.84. The Bertz CT molecular complexity index is 882. The van der Waals surface area contributed by atoms with Gasteiger partial charge in [-0.05, 0) is 56.4 Å². The first-order chi connectivity index (χ1) is 15.4. The molecular weight excluding hydrogens is 450 g/mol. The number of nitrogens with one attached hydrogen (secondary N) is 2. The number of anilines is 1. The van der Waals surface area contributed by atoms with E-state index in [1.165, 1.54) is 0 Å². The Hall–Kier alpha value is -1.77. The molecule has 2 bridgehead atoms. The van der Waals surface area contributed by atoms with Crippen molar-refractivity contribution in [2.24, 2.45) is 11.8 Å². The number of amides is 3. The number of benzene rings is 1. The summed E-state index contributed by atoms with van der Waals surface area (Å²) in [5.74, 6) is -1.29. The van der Waals surface area contributed by atoms with Crippen LogP contribution in [-0.2, 0) is 14.4 Å². The van der Waals surface area contributed by atoms with Crippen LogP contribution in [0.2, 0.25) is 5.02 Å². The maximum Gasteiger partial charge on any atom is 0.248 e. The number of thioether (sulfide) groups is 1. The van der Waals surface area contributed by atoms with Crippen LogP contribution >= 0.6 is 23.4 Å². The third-order valence-corrected chi connectivity index (χ3v) is 9.02. The van der Waals surface area contributed by atoms with Gasteiger partial charge in [0.2, 0.25) is 17.7 Å². The molecule has 174 valence electrons. The number of hydrogen-bond donors (Lipinski definition) is 3. The number of halogens is 1. The summed E-state index contributed by atoms with van der Waals surface area (Å²) in [6, 6.07) is 6.25. The molecule has 3 aliphatic heterocycles. The summed E-state index contributed by atoms with van der Waals surface area (Å²) in [5, 5.41) is 15.8. The minimum absolute atomic E-state index is 0.0388. The predicted molar refractivity (Wildman–Crippen MR) is 126 cm³/mol. The number of rotatable bonds is 9. The zero-order chi connectivity index (χ0) is 22.9. The lowest BCUT2D eigenvalue weighted by molar-refractivity contribution is -0.139. The van der Waals surface area contributed by atoms with E-state index in [-0.39, 0.29) is 29.6 Å². The number of fused-ring (bicyclic) bond motifs is 1. The highest BCUT2D eigenvalue weighted by molar-refractivity contribution is 8.02. The normalized spacial score (nSPS) is 30.5. The topological polar surface area (TPSA) is 98.7 Å². The molecule has 0 aliphatic carbocycles. The molecule has 0 aromatic heterocycles. The van der Waals surface area contributed by atoms with E-state index in [0.717, 1.165) is 19.3 Å². The summed E-state index contributed by atoms with van der Waals surface area (Å²) >= 11 is 7.63. The number of unbranched alkanes of at least 4 members (excludes halogenated alkanes) is 1. The maximum atomic E-state index is 13.6. The van der Waals surface area contributed by atoms with E-state index in [1.807, 2.05) is 6.92 Å². The first kappa shape index (κ1) is 23.4.